The van der Waals surface area contributed by atoms with Crippen molar-refractivity contribution >= 4 is 6.03 Å². The zero-order chi connectivity index (χ0) is 10.3. The Morgan fingerprint density at radius 3 is 3.00 bits per heavy atom. The van der Waals surface area contributed by atoms with Gasteiger partial charge in [-0.25, -0.2) is 4.79 Å². The second-order valence-corrected chi connectivity index (χ2v) is 5.00. The van der Waals surface area contributed by atoms with Crippen LogP contribution in [0.15, 0.2) is 0 Å². The average molecular weight is 209 g/mol. The van der Waals surface area contributed by atoms with Gasteiger partial charge in [-0.05, 0) is 38.6 Å². The number of urea groups is 1. The molecule has 15 heavy (non-hydrogen) atoms. The van der Waals surface area contributed by atoms with E-state index in [1.165, 1.54) is 32.1 Å². The molecular weight excluding hydrogens is 190 g/mol. The summed E-state index contributed by atoms with van der Waals surface area (Å²) in [5, 5.41) is 6.56. The highest BCUT2D eigenvalue weighted by molar-refractivity contribution is 5.78. The van der Waals surface area contributed by atoms with Gasteiger partial charge in [0.2, 0.25) is 0 Å². The molecule has 1 saturated carbocycles. The molecule has 2 aliphatic heterocycles. The van der Waals surface area contributed by atoms with Crippen LogP contribution in [0.3, 0.4) is 0 Å². The van der Waals surface area contributed by atoms with E-state index in [0.29, 0.717) is 18.1 Å². The Morgan fingerprint density at radius 2 is 2.20 bits per heavy atom. The highest BCUT2D eigenvalue weighted by Crippen LogP contribution is 2.29. The SMILES string of the molecule is O=C1NC2CCCC2N1CC1CCCN1. The summed E-state index contributed by atoms with van der Waals surface area (Å²) in [5.74, 6) is 0. The van der Waals surface area contributed by atoms with Gasteiger partial charge in [-0.15, -0.1) is 0 Å². The van der Waals surface area contributed by atoms with Gasteiger partial charge < -0.3 is 15.5 Å². The fourth-order valence-electron chi connectivity index (χ4n) is 3.24. The first-order valence-electron chi connectivity index (χ1n) is 6.15. The van der Waals surface area contributed by atoms with Crippen LogP contribution in [-0.4, -0.2) is 42.1 Å². The summed E-state index contributed by atoms with van der Waals surface area (Å²) in [4.78, 5) is 13.8. The minimum absolute atomic E-state index is 0.165. The van der Waals surface area contributed by atoms with Crippen molar-refractivity contribution in [1.82, 2.24) is 15.5 Å². The lowest BCUT2D eigenvalue weighted by Crippen LogP contribution is -2.42. The van der Waals surface area contributed by atoms with Crippen LogP contribution in [0.1, 0.15) is 32.1 Å². The molecule has 0 spiro atoms. The van der Waals surface area contributed by atoms with E-state index in [9.17, 15) is 4.79 Å². The van der Waals surface area contributed by atoms with Gasteiger partial charge in [0.1, 0.15) is 0 Å². The highest BCUT2D eigenvalue weighted by atomic mass is 16.2. The van der Waals surface area contributed by atoms with Crippen molar-refractivity contribution in [2.24, 2.45) is 0 Å². The van der Waals surface area contributed by atoms with Gasteiger partial charge in [0, 0.05) is 12.6 Å². The molecule has 3 unspecified atom stereocenters. The molecule has 0 aromatic rings. The van der Waals surface area contributed by atoms with Crippen LogP contribution < -0.4 is 10.6 Å². The molecule has 1 aliphatic carbocycles. The molecule has 0 radical (unpaired) electrons. The first kappa shape index (κ1) is 9.46. The number of hydrogen-bond acceptors (Lipinski definition) is 2. The first-order chi connectivity index (χ1) is 7.34. The summed E-state index contributed by atoms with van der Waals surface area (Å²) < 4.78 is 0. The number of carbonyl (C=O) groups is 1. The zero-order valence-electron chi connectivity index (χ0n) is 9.04. The average Bonchev–Trinajstić information content (AvgIpc) is 2.86. The molecule has 84 valence electrons. The smallest absolute Gasteiger partial charge is 0.318 e. The number of amides is 2. The Balaban J connectivity index is 1.65. The zero-order valence-corrected chi connectivity index (χ0v) is 9.04. The van der Waals surface area contributed by atoms with Gasteiger partial charge in [0.05, 0.1) is 12.1 Å². The molecule has 2 saturated heterocycles. The third-order valence-corrected chi connectivity index (χ3v) is 4.03. The van der Waals surface area contributed by atoms with Crippen molar-refractivity contribution in [3.05, 3.63) is 0 Å². The fourth-order valence-corrected chi connectivity index (χ4v) is 3.24. The van der Waals surface area contributed by atoms with Crippen LogP contribution in [0.5, 0.6) is 0 Å². The fraction of sp³-hybridized carbons (Fsp3) is 0.909. The number of carbonyl (C=O) groups excluding carboxylic acids is 1. The maximum absolute atomic E-state index is 11.8. The standard InChI is InChI=1S/C11H19N3O/c15-11-13-9-4-1-5-10(9)14(11)7-8-3-2-6-12-8/h8-10,12H,1-7H2,(H,13,15). The molecule has 0 aromatic carbocycles. The van der Waals surface area contributed by atoms with Crippen molar-refractivity contribution in [2.45, 2.75) is 50.2 Å². The summed E-state index contributed by atoms with van der Waals surface area (Å²) >= 11 is 0. The Kier molecular flexibility index (Phi) is 2.31. The van der Waals surface area contributed by atoms with E-state index in [0.717, 1.165) is 13.1 Å². The van der Waals surface area contributed by atoms with Crippen molar-refractivity contribution in [2.75, 3.05) is 13.1 Å². The molecule has 2 amide bonds. The quantitative estimate of drug-likeness (QED) is 0.702. The molecule has 3 rings (SSSR count). The van der Waals surface area contributed by atoms with Crippen LogP contribution in [-0.2, 0) is 0 Å². The predicted octanol–water partition coefficient (Wildman–Crippen LogP) is 0.685. The molecular formula is C11H19N3O. The van der Waals surface area contributed by atoms with E-state index in [2.05, 4.69) is 15.5 Å². The maximum Gasteiger partial charge on any atom is 0.318 e. The summed E-state index contributed by atoms with van der Waals surface area (Å²) in [5.41, 5.74) is 0. The first-order valence-corrected chi connectivity index (χ1v) is 6.15. The minimum Gasteiger partial charge on any atom is -0.333 e. The lowest BCUT2D eigenvalue weighted by molar-refractivity contribution is 0.196. The van der Waals surface area contributed by atoms with Crippen LogP contribution in [0.4, 0.5) is 4.79 Å². The third-order valence-electron chi connectivity index (χ3n) is 4.03. The number of nitrogens with one attached hydrogen (secondary N) is 2. The van der Waals surface area contributed by atoms with Crippen molar-refractivity contribution in [3.8, 4) is 0 Å². The maximum atomic E-state index is 11.8. The second-order valence-electron chi connectivity index (χ2n) is 5.00. The van der Waals surface area contributed by atoms with Crippen LogP contribution in [0.25, 0.3) is 0 Å². The van der Waals surface area contributed by atoms with Gasteiger partial charge in [-0.3, -0.25) is 0 Å². The summed E-state index contributed by atoms with van der Waals surface area (Å²) in [6, 6.07) is 1.63. The van der Waals surface area contributed by atoms with E-state index >= 15 is 0 Å². The van der Waals surface area contributed by atoms with Crippen LogP contribution in [0, 0.1) is 0 Å². The monoisotopic (exact) mass is 209 g/mol. The topological polar surface area (TPSA) is 44.4 Å². The highest BCUT2D eigenvalue weighted by Gasteiger charge is 2.42. The van der Waals surface area contributed by atoms with Crippen LogP contribution in [0.2, 0.25) is 0 Å². The van der Waals surface area contributed by atoms with Gasteiger partial charge in [0.25, 0.3) is 0 Å². The Bertz CT molecular complexity index is 263. The molecule has 4 nitrogen and oxygen atoms in total. The molecule has 0 bridgehead atoms. The van der Waals surface area contributed by atoms with Crippen molar-refractivity contribution < 1.29 is 4.79 Å². The number of rotatable bonds is 2. The summed E-state index contributed by atoms with van der Waals surface area (Å²) in [6.45, 7) is 2.03. The molecule has 3 atom stereocenters. The largest absolute Gasteiger partial charge is 0.333 e. The summed E-state index contributed by atoms with van der Waals surface area (Å²) in [6.07, 6.45) is 6.11. The van der Waals surface area contributed by atoms with Crippen molar-refractivity contribution in [3.63, 3.8) is 0 Å². The summed E-state index contributed by atoms with van der Waals surface area (Å²) in [7, 11) is 0. The van der Waals surface area contributed by atoms with Crippen LogP contribution >= 0.6 is 0 Å². The van der Waals surface area contributed by atoms with E-state index in [4.69, 9.17) is 0 Å². The Hall–Kier alpha value is -0.770. The minimum atomic E-state index is 0.165. The molecule has 3 fully saturated rings. The Labute approximate surface area is 90.4 Å². The predicted molar refractivity (Wildman–Crippen MR) is 57.7 cm³/mol. The molecule has 2 heterocycles. The van der Waals surface area contributed by atoms with E-state index in [-0.39, 0.29) is 6.03 Å². The lowest BCUT2D eigenvalue weighted by atomic mass is 10.1. The van der Waals surface area contributed by atoms with Gasteiger partial charge in [0.15, 0.2) is 0 Å². The number of fused-ring (bicyclic) bond motifs is 1. The number of nitrogens with zero attached hydrogens (tertiary/aromatic N) is 1. The molecule has 2 N–H and O–H groups in total. The van der Waals surface area contributed by atoms with Gasteiger partial charge >= 0.3 is 6.03 Å². The van der Waals surface area contributed by atoms with E-state index < -0.39 is 0 Å². The molecule has 3 aliphatic rings. The Morgan fingerprint density at radius 1 is 1.27 bits per heavy atom. The third kappa shape index (κ3) is 1.61. The lowest BCUT2D eigenvalue weighted by Gasteiger charge is -2.25. The van der Waals surface area contributed by atoms with Gasteiger partial charge in [-0.2, -0.15) is 0 Å². The normalized spacial score (nSPS) is 39.6. The van der Waals surface area contributed by atoms with E-state index in [1.54, 1.807) is 0 Å². The van der Waals surface area contributed by atoms with E-state index in [1.807, 2.05) is 0 Å². The molecule has 0 aromatic heterocycles. The van der Waals surface area contributed by atoms with Crippen molar-refractivity contribution in [1.29, 1.82) is 0 Å². The second kappa shape index (κ2) is 3.67. The number of hydrogen-bond donors (Lipinski definition) is 2. The van der Waals surface area contributed by atoms with Gasteiger partial charge in [-0.1, -0.05) is 0 Å². The molecule has 4 heteroatoms.